The highest BCUT2D eigenvalue weighted by molar-refractivity contribution is 6.14. The molecule has 120 valence electrons. The SMILES string of the molecule is CCOC(=O)C(=CNc1cnc(OC)cc1C)C(=O)OCC. The van der Waals surface area contributed by atoms with E-state index < -0.39 is 11.9 Å². The molecule has 0 spiro atoms. The molecule has 1 rings (SSSR count). The highest BCUT2D eigenvalue weighted by atomic mass is 16.6. The number of hydrogen-bond donors (Lipinski definition) is 1. The van der Waals surface area contributed by atoms with Gasteiger partial charge in [0.05, 0.1) is 32.2 Å². The van der Waals surface area contributed by atoms with Gasteiger partial charge in [0.1, 0.15) is 0 Å². The lowest BCUT2D eigenvalue weighted by Crippen LogP contribution is -2.19. The topological polar surface area (TPSA) is 86.8 Å². The smallest absolute Gasteiger partial charge is 0.347 e. The molecule has 0 aliphatic heterocycles. The number of esters is 2. The average molecular weight is 308 g/mol. The normalized spacial score (nSPS) is 9.64. The third-order valence-electron chi connectivity index (χ3n) is 2.66. The van der Waals surface area contributed by atoms with Gasteiger partial charge in [-0.3, -0.25) is 0 Å². The molecule has 22 heavy (non-hydrogen) atoms. The fraction of sp³-hybridized carbons (Fsp3) is 0.400. The van der Waals surface area contributed by atoms with E-state index in [0.29, 0.717) is 11.6 Å². The van der Waals surface area contributed by atoms with Crippen LogP contribution < -0.4 is 10.1 Å². The monoisotopic (exact) mass is 308 g/mol. The lowest BCUT2D eigenvalue weighted by molar-refractivity contribution is -0.146. The molecule has 0 radical (unpaired) electrons. The van der Waals surface area contributed by atoms with Gasteiger partial charge < -0.3 is 19.5 Å². The number of carbonyl (C=O) groups is 2. The molecule has 7 nitrogen and oxygen atoms in total. The van der Waals surface area contributed by atoms with Gasteiger partial charge in [0.2, 0.25) is 5.88 Å². The zero-order chi connectivity index (χ0) is 16.5. The number of hydrogen-bond acceptors (Lipinski definition) is 7. The first-order valence-corrected chi connectivity index (χ1v) is 6.85. The summed E-state index contributed by atoms with van der Waals surface area (Å²) in [7, 11) is 1.52. The fourth-order valence-electron chi connectivity index (χ4n) is 1.56. The van der Waals surface area contributed by atoms with Crippen molar-refractivity contribution >= 4 is 17.6 Å². The Labute approximate surface area is 129 Å². The third kappa shape index (κ3) is 4.76. The van der Waals surface area contributed by atoms with E-state index in [1.807, 2.05) is 6.92 Å². The molecule has 0 amide bonds. The molecule has 0 aliphatic carbocycles. The number of ether oxygens (including phenoxy) is 3. The number of carbonyl (C=O) groups excluding carboxylic acids is 2. The third-order valence-corrected chi connectivity index (χ3v) is 2.66. The lowest BCUT2D eigenvalue weighted by Gasteiger charge is -2.09. The quantitative estimate of drug-likeness (QED) is 0.356. The fourth-order valence-corrected chi connectivity index (χ4v) is 1.56. The number of nitrogens with one attached hydrogen (secondary N) is 1. The second-order valence-electron chi connectivity index (χ2n) is 4.18. The first kappa shape index (κ1) is 17.5. The van der Waals surface area contributed by atoms with Gasteiger partial charge in [-0.05, 0) is 26.3 Å². The number of rotatable bonds is 7. The summed E-state index contributed by atoms with van der Waals surface area (Å²) in [5.74, 6) is -1.01. The Morgan fingerprint density at radius 2 is 1.82 bits per heavy atom. The molecule has 7 heteroatoms. The van der Waals surface area contributed by atoms with Gasteiger partial charge in [-0.1, -0.05) is 0 Å². The van der Waals surface area contributed by atoms with E-state index in [9.17, 15) is 9.59 Å². The Hall–Kier alpha value is -2.57. The molecule has 0 fully saturated rings. The lowest BCUT2D eigenvalue weighted by atomic mass is 10.2. The number of anilines is 1. The van der Waals surface area contributed by atoms with E-state index >= 15 is 0 Å². The molecule has 0 unspecified atom stereocenters. The molecule has 0 aliphatic rings. The van der Waals surface area contributed by atoms with E-state index in [1.165, 1.54) is 13.3 Å². The minimum absolute atomic E-state index is 0.165. The summed E-state index contributed by atoms with van der Waals surface area (Å²) in [5, 5.41) is 2.86. The van der Waals surface area contributed by atoms with E-state index in [2.05, 4.69) is 10.3 Å². The van der Waals surface area contributed by atoms with Crippen molar-refractivity contribution < 1.29 is 23.8 Å². The van der Waals surface area contributed by atoms with Gasteiger partial charge in [0.15, 0.2) is 5.57 Å². The molecule has 1 N–H and O–H groups in total. The van der Waals surface area contributed by atoms with Crippen LogP contribution in [0, 0.1) is 6.92 Å². The number of aromatic nitrogens is 1. The Bertz CT molecular complexity index is 549. The van der Waals surface area contributed by atoms with Crippen LogP contribution in [0.15, 0.2) is 24.0 Å². The summed E-state index contributed by atoms with van der Waals surface area (Å²) >= 11 is 0. The molecule has 1 aromatic rings. The van der Waals surface area contributed by atoms with Crippen molar-refractivity contribution in [2.45, 2.75) is 20.8 Å². The van der Waals surface area contributed by atoms with Crippen molar-refractivity contribution in [1.29, 1.82) is 0 Å². The summed E-state index contributed by atoms with van der Waals surface area (Å²) < 4.78 is 14.7. The van der Waals surface area contributed by atoms with Crippen molar-refractivity contribution in [2.24, 2.45) is 0 Å². The van der Waals surface area contributed by atoms with Gasteiger partial charge in [-0.25, -0.2) is 14.6 Å². The van der Waals surface area contributed by atoms with Crippen LogP contribution in [-0.4, -0.2) is 37.2 Å². The van der Waals surface area contributed by atoms with Crippen LogP contribution in [0.25, 0.3) is 0 Å². The van der Waals surface area contributed by atoms with E-state index in [-0.39, 0.29) is 18.8 Å². The van der Waals surface area contributed by atoms with Crippen LogP contribution in [0.4, 0.5) is 5.69 Å². The second-order valence-corrected chi connectivity index (χ2v) is 4.18. The molecule has 0 bridgehead atoms. The van der Waals surface area contributed by atoms with Gasteiger partial charge in [-0.2, -0.15) is 0 Å². The number of nitrogens with zero attached hydrogens (tertiary/aromatic N) is 1. The Kier molecular flexibility index (Phi) is 6.88. The molecule has 1 heterocycles. The maximum Gasteiger partial charge on any atom is 0.347 e. The Morgan fingerprint density at radius 3 is 2.27 bits per heavy atom. The van der Waals surface area contributed by atoms with Crippen molar-refractivity contribution in [3.8, 4) is 5.88 Å². The molecule has 0 saturated carbocycles. The van der Waals surface area contributed by atoms with Crippen molar-refractivity contribution in [1.82, 2.24) is 4.98 Å². The predicted octanol–water partition coefficient (Wildman–Crippen LogP) is 1.82. The zero-order valence-corrected chi connectivity index (χ0v) is 13.1. The van der Waals surface area contributed by atoms with Crippen LogP contribution in [0.2, 0.25) is 0 Å². The van der Waals surface area contributed by atoms with E-state index in [0.717, 1.165) is 5.56 Å². The van der Waals surface area contributed by atoms with Crippen LogP contribution in [0.1, 0.15) is 19.4 Å². The zero-order valence-electron chi connectivity index (χ0n) is 13.1. The van der Waals surface area contributed by atoms with Crippen LogP contribution in [-0.2, 0) is 19.1 Å². The second kappa shape index (κ2) is 8.66. The molecule has 0 aromatic carbocycles. The van der Waals surface area contributed by atoms with Crippen LogP contribution >= 0.6 is 0 Å². The van der Waals surface area contributed by atoms with E-state index in [1.54, 1.807) is 26.1 Å². The van der Waals surface area contributed by atoms with Gasteiger partial charge >= 0.3 is 11.9 Å². The predicted molar refractivity (Wildman–Crippen MR) is 80.5 cm³/mol. The molecule has 0 saturated heterocycles. The first-order chi connectivity index (χ1) is 10.5. The molecular weight excluding hydrogens is 288 g/mol. The number of methoxy groups -OCH3 is 1. The van der Waals surface area contributed by atoms with Gasteiger partial charge in [0, 0.05) is 12.3 Å². The summed E-state index contributed by atoms with van der Waals surface area (Å²) in [6.45, 7) is 5.49. The summed E-state index contributed by atoms with van der Waals surface area (Å²) in [4.78, 5) is 27.7. The Balaban J connectivity index is 2.97. The molecule has 0 atom stereocenters. The van der Waals surface area contributed by atoms with Gasteiger partial charge in [-0.15, -0.1) is 0 Å². The number of pyridine rings is 1. The summed E-state index contributed by atoms with van der Waals surface area (Å²) in [6.07, 6.45) is 2.80. The van der Waals surface area contributed by atoms with Crippen molar-refractivity contribution in [3.05, 3.63) is 29.6 Å². The van der Waals surface area contributed by atoms with Crippen molar-refractivity contribution in [2.75, 3.05) is 25.6 Å². The number of aryl methyl sites for hydroxylation is 1. The highest BCUT2D eigenvalue weighted by Gasteiger charge is 2.21. The van der Waals surface area contributed by atoms with Crippen LogP contribution in [0.3, 0.4) is 0 Å². The van der Waals surface area contributed by atoms with Gasteiger partial charge in [0.25, 0.3) is 0 Å². The maximum absolute atomic E-state index is 11.8. The maximum atomic E-state index is 11.8. The van der Waals surface area contributed by atoms with E-state index in [4.69, 9.17) is 14.2 Å². The van der Waals surface area contributed by atoms with Crippen LogP contribution in [0.5, 0.6) is 5.88 Å². The standard InChI is InChI=1S/C15H20N2O5/c1-5-21-14(18)11(15(19)22-6-2)8-16-12-9-17-13(20-4)7-10(12)3/h7-9,16H,5-6H2,1-4H3. The van der Waals surface area contributed by atoms with Crippen molar-refractivity contribution in [3.63, 3.8) is 0 Å². The minimum atomic E-state index is -0.743. The largest absolute Gasteiger partial charge is 0.481 e. The summed E-state index contributed by atoms with van der Waals surface area (Å²) in [5.41, 5.74) is 1.26. The first-order valence-electron chi connectivity index (χ1n) is 6.85. The molecule has 1 aromatic heterocycles. The summed E-state index contributed by atoms with van der Waals surface area (Å²) in [6, 6.07) is 1.73. The average Bonchev–Trinajstić information content (AvgIpc) is 2.49. The molecular formula is C15H20N2O5. The highest BCUT2D eigenvalue weighted by Crippen LogP contribution is 2.18. The minimum Gasteiger partial charge on any atom is -0.481 e. The Morgan fingerprint density at radius 1 is 1.23 bits per heavy atom.